The highest BCUT2D eigenvalue weighted by Gasteiger charge is 2.28. The second kappa shape index (κ2) is 3.14. The molecule has 1 rings (SSSR count). The number of aliphatic hydroxyl groups is 1. The summed E-state index contributed by atoms with van der Waals surface area (Å²) in [5.41, 5.74) is 1.95. The van der Waals surface area contributed by atoms with Crippen molar-refractivity contribution in [2.75, 3.05) is 0 Å². The molecule has 3 heteroatoms. The van der Waals surface area contributed by atoms with Gasteiger partial charge in [0.1, 0.15) is 5.84 Å². The Hall–Kier alpha value is -0.830. The first-order chi connectivity index (χ1) is 5.82. The van der Waals surface area contributed by atoms with Gasteiger partial charge in [-0.05, 0) is 19.3 Å². The zero-order valence-corrected chi connectivity index (χ0v) is 8.97. The Balaban J connectivity index is 3.03. The van der Waals surface area contributed by atoms with Crippen molar-refractivity contribution >= 4 is 5.84 Å². The zero-order valence-electron chi connectivity index (χ0n) is 8.97. The first-order valence-electron chi connectivity index (χ1n) is 4.53. The maximum absolute atomic E-state index is 9.76. The molecule has 0 saturated carbocycles. The Labute approximate surface area is 79.6 Å². The van der Waals surface area contributed by atoms with Crippen molar-refractivity contribution in [2.24, 2.45) is 10.4 Å². The maximum Gasteiger partial charge on any atom is 0.171 e. The molecule has 0 fully saturated rings. The summed E-state index contributed by atoms with van der Waals surface area (Å²) in [7, 11) is 0. The van der Waals surface area contributed by atoms with E-state index in [0.717, 1.165) is 17.1 Å². The molecular weight excluding hydrogens is 164 g/mol. The molecular formula is C10H18N2O. The van der Waals surface area contributed by atoms with E-state index in [4.69, 9.17) is 0 Å². The second-order valence-electron chi connectivity index (χ2n) is 4.50. The highest BCUT2D eigenvalue weighted by atomic mass is 16.3. The summed E-state index contributed by atoms with van der Waals surface area (Å²) < 4.78 is 0. The van der Waals surface area contributed by atoms with Gasteiger partial charge in [-0.1, -0.05) is 20.8 Å². The van der Waals surface area contributed by atoms with Crippen LogP contribution in [0.3, 0.4) is 0 Å². The monoisotopic (exact) mass is 182 g/mol. The molecule has 0 amide bonds. The third kappa shape index (κ3) is 2.10. The predicted molar refractivity (Wildman–Crippen MR) is 54.4 cm³/mol. The molecule has 0 aromatic carbocycles. The van der Waals surface area contributed by atoms with Crippen LogP contribution >= 0.6 is 0 Å². The molecule has 0 aromatic heterocycles. The van der Waals surface area contributed by atoms with E-state index in [1.165, 1.54) is 0 Å². The van der Waals surface area contributed by atoms with E-state index in [0.29, 0.717) is 0 Å². The lowest BCUT2D eigenvalue weighted by molar-refractivity contribution is 0.188. The number of aliphatic hydroxyl groups excluding tert-OH is 1. The molecule has 13 heavy (non-hydrogen) atoms. The molecule has 1 atom stereocenters. The normalized spacial score (nSPS) is 24.2. The SMILES string of the molecule is CC1=NC(O)C(C(C)(C)C)=C(C)N1. The van der Waals surface area contributed by atoms with Crippen LogP contribution in [0.15, 0.2) is 16.3 Å². The number of amidine groups is 1. The minimum absolute atomic E-state index is 0.0410. The number of nitrogens with one attached hydrogen (secondary N) is 1. The molecule has 74 valence electrons. The highest BCUT2D eigenvalue weighted by molar-refractivity contribution is 5.82. The predicted octanol–water partition coefficient (Wildman–Crippen LogP) is 1.65. The van der Waals surface area contributed by atoms with Crippen molar-refractivity contribution in [3.63, 3.8) is 0 Å². The van der Waals surface area contributed by atoms with Crippen molar-refractivity contribution in [3.05, 3.63) is 11.3 Å². The van der Waals surface area contributed by atoms with Gasteiger partial charge in [-0.3, -0.25) is 0 Å². The van der Waals surface area contributed by atoms with Crippen molar-refractivity contribution < 1.29 is 5.11 Å². The fourth-order valence-electron chi connectivity index (χ4n) is 1.76. The van der Waals surface area contributed by atoms with Gasteiger partial charge in [0.25, 0.3) is 0 Å². The molecule has 0 radical (unpaired) electrons. The van der Waals surface area contributed by atoms with Crippen LogP contribution in [0.1, 0.15) is 34.6 Å². The van der Waals surface area contributed by atoms with E-state index in [-0.39, 0.29) is 5.41 Å². The van der Waals surface area contributed by atoms with Crippen molar-refractivity contribution in [1.29, 1.82) is 0 Å². The summed E-state index contributed by atoms with van der Waals surface area (Å²) in [6.45, 7) is 10.1. The average Bonchev–Trinajstić information content (AvgIpc) is 1.78. The number of aliphatic imine (C=N–C) groups is 1. The average molecular weight is 182 g/mol. The lowest BCUT2D eigenvalue weighted by Gasteiger charge is -2.31. The number of nitrogens with zero attached hydrogens (tertiary/aromatic N) is 1. The van der Waals surface area contributed by atoms with E-state index in [1.807, 2.05) is 13.8 Å². The third-order valence-electron chi connectivity index (χ3n) is 2.15. The molecule has 0 aromatic rings. The van der Waals surface area contributed by atoms with Gasteiger partial charge in [-0.15, -0.1) is 0 Å². The number of hydrogen-bond donors (Lipinski definition) is 2. The van der Waals surface area contributed by atoms with Crippen LogP contribution in [-0.2, 0) is 0 Å². The minimum atomic E-state index is -0.679. The number of rotatable bonds is 0. The molecule has 1 aliphatic rings. The lowest BCUT2D eigenvalue weighted by atomic mass is 9.83. The maximum atomic E-state index is 9.76. The fraction of sp³-hybridized carbons (Fsp3) is 0.700. The molecule has 1 heterocycles. The van der Waals surface area contributed by atoms with Gasteiger partial charge in [-0.25, -0.2) is 4.99 Å². The Kier molecular flexibility index (Phi) is 2.48. The number of hydrogen-bond acceptors (Lipinski definition) is 3. The Morgan fingerprint density at radius 2 is 1.85 bits per heavy atom. The Morgan fingerprint density at radius 3 is 2.23 bits per heavy atom. The molecule has 0 spiro atoms. The van der Waals surface area contributed by atoms with E-state index >= 15 is 0 Å². The topological polar surface area (TPSA) is 44.6 Å². The summed E-state index contributed by atoms with van der Waals surface area (Å²) in [4.78, 5) is 4.08. The highest BCUT2D eigenvalue weighted by Crippen LogP contribution is 2.32. The quantitative estimate of drug-likeness (QED) is 0.598. The van der Waals surface area contributed by atoms with Crippen molar-refractivity contribution in [2.45, 2.75) is 40.8 Å². The van der Waals surface area contributed by atoms with Crippen LogP contribution in [0.25, 0.3) is 0 Å². The Bertz CT molecular complexity index is 271. The van der Waals surface area contributed by atoms with E-state index in [2.05, 4.69) is 31.1 Å². The molecule has 0 saturated heterocycles. The Morgan fingerprint density at radius 1 is 1.31 bits per heavy atom. The van der Waals surface area contributed by atoms with Crippen LogP contribution in [0.4, 0.5) is 0 Å². The second-order valence-corrected chi connectivity index (χ2v) is 4.50. The van der Waals surface area contributed by atoms with Crippen LogP contribution in [0.5, 0.6) is 0 Å². The summed E-state index contributed by atoms with van der Waals surface area (Å²) in [6, 6.07) is 0. The van der Waals surface area contributed by atoms with Crippen LogP contribution in [0, 0.1) is 5.41 Å². The largest absolute Gasteiger partial charge is 0.368 e. The molecule has 0 bridgehead atoms. The fourth-order valence-corrected chi connectivity index (χ4v) is 1.76. The summed E-state index contributed by atoms with van der Waals surface area (Å²) >= 11 is 0. The van der Waals surface area contributed by atoms with Gasteiger partial charge in [0, 0.05) is 11.3 Å². The van der Waals surface area contributed by atoms with Gasteiger partial charge in [0.05, 0.1) is 0 Å². The summed E-state index contributed by atoms with van der Waals surface area (Å²) in [5, 5.41) is 12.9. The molecule has 1 aliphatic heterocycles. The third-order valence-corrected chi connectivity index (χ3v) is 2.15. The van der Waals surface area contributed by atoms with Crippen LogP contribution < -0.4 is 5.32 Å². The first-order valence-corrected chi connectivity index (χ1v) is 4.53. The van der Waals surface area contributed by atoms with Crippen molar-refractivity contribution in [3.8, 4) is 0 Å². The van der Waals surface area contributed by atoms with Crippen LogP contribution in [0.2, 0.25) is 0 Å². The molecule has 2 N–H and O–H groups in total. The van der Waals surface area contributed by atoms with Gasteiger partial charge in [-0.2, -0.15) is 0 Å². The minimum Gasteiger partial charge on any atom is -0.368 e. The van der Waals surface area contributed by atoms with E-state index in [9.17, 15) is 5.11 Å². The standard InChI is InChI=1S/C10H18N2O/c1-6-8(10(3,4)5)9(13)12-7(2)11-6/h9,13H,1-5H3,(H,11,12). The zero-order chi connectivity index (χ0) is 10.2. The first kappa shape index (κ1) is 10.3. The summed E-state index contributed by atoms with van der Waals surface area (Å²) in [5.74, 6) is 0.776. The molecule has 1 unspecified atom stereocenters. The molecule has 3 nitrogen and oxygen atoms in total. The van der Waals surface area contributed by atoms with Gasteiger partial charge < -0.3 is 10.4 Å². The smallest absolute Gasteiger partial charge is 0.171 e. The number of allylic oxidation sites excluding steroid dienone is 1. The van der Waals surface area contributed by atoms with Gasteiger partial charge in [0.2, 0.25) is 0 Å². The van der Waals surface area contributed by atoms with Crippen LogP contribution in [-0.4, -0.2) is 17.2 Å². The van der Waals surface area contributed by atoms with E-state index in [1.54, 1.807) is 0 Å². The summed E-state index contributed by atoms with van der Waals surface area (Å²) in [6.07, 6.45) is -0.679. The van der Waals surface area contributed by atoms with Crippen molar-refractivity contribution in [1.82, 2.24) is 5.32 Å². The van der Waals surface area contributed by atoms with E-state index < -0.39 is 6.23 Å². The van der Waals surface area contributed by atoms with Gasteiger partial charge in [0.15, 0.2) is 6.23 Å². The lowest BCUT2D eigenvalue weighted by Crippen LogP contribution is -2.34. The van der Waals surface area contributed by atoms with Gasteiger partial charge >= 0.3 is 0 Å². The molecule has 0 aliphatic carbocycles.